The molecule has 0 unspecified atom stereocenters. The minimum absolute atomic E-state index is 0.0500. The van der Waals surface area contributed by atoms with Gasteiger partial charge in [-0.2, -0.15) is 0 Å². The summed E-state index contributed by atoms with van der Waals surface area (Å²) in [5.74, 6) is 0.0866. The molecule has 2 heterocycles. The van der Waals surface area contributed by atoms with Gasteiger partial charge in [-0.25, -0.2) is 9.59 Å². The van der Waals surface area contributed by atoms with E-state index in [0.717, 1.165) is 5.69 Å². The van der Waals surface area contributed by atoms with Gasteiger partial charge in [-0.3, -0.25) is 9.69 Å². The lowest BCUT2D eigenvalue weighted by molar-refractivity contribution is -0.121. The van der Waals surface area contributed by atoms with Gasteiger partial charge in [-0.1, -0.05) is 12.1 Å². The summed E-state index contributed by atoms with van der Waals surface area (Å²) in [5.41, 5.74) is 1.86. The number of urea groups is 1. The van der Waals surface area contributed by atoms with Gasteiger partial charge in [0.2, 0.25) is 5.91 Å². The number of nitrogens with zero attached hydrogens (tertiary/aromatic N) is 2. The van der Waals surface area contributed by atoms with E-state index >= 15 is 0 Å². The number of piperidine rings is 1. The molecule has 174 valence electrons. The summed E-state index contributed by atoms with van der Waals surface area (Å²) in [6.07, 6.45) is 1.11. The van der Waals surface area contributed by atoms with Crippen molar-refractivity contribution in [3.8, 4) is 5.75 Å². The number of carbonyl (C=O) groups is 3. The van der Waals surface area contributed by atoms with E-state index in [4.69, 9.17) is 9.47 Å². The molecule has 0 aliphatic carbocycles. The Morgan fingerprint density at radius 2 is 1.76 bits per heavy atom. The van der Waals surface area contributed by atoms with Crippen LogP contribution in [-0.2, 0) is 9.53 Å². The normalized spacial score (nSPS) is 18.2. The zero-order chi connectivity index (χ0) is 23.4. The van der Waals surface area contributed by atoms with Crippen molar-refractivity contribution in [2.75, 3.05) is 36.5 Å². The van der Waals surface area contributed by atoms with E-state index in [1.165, 1.54) is 0 Å². The Labute approximate surface area is 193 Å². The van der Waals surface area contributed by atoms with Gasteiger partial charge in [0.1, 0.15) is 11.9 Å². The molecule has 3 amide bonds. The molecule has 8 heteroatoms. The molecule has 0 spiro atoms. The summed E-state index contributed by atoms with van der Waals surface area (Å²) in [7, 11) is 0. The van der Waals surface area contributed by atoms with Gasteiger partial charge < -0.3 is 19.7 Å². The second-order valence-electron chi connectivity index (χ2n) is 8.34. The molecule has 2 aliphatic rings. The Kier molecular flexibility index (Phi) is 6.82. The van der Waals surface area contributed by atoms with Crippen LogP contribution < -0.4 is 15.0 Å². The average molecular weight is 452 g/mol. The maximum Gasteiger partial charge on any atom is 0.338 e. The third-order valence-corrected chi connectivity index (χ3v) is 5.95. The summed E-state index contributed by atoms with van der Waals surface area (Å²) >= 11 is 0. The number of carbonyl (C=O) groups excluding carboxylic acids is 3. The van der Waals surface area contributed by atoms with Gasteiger partial charge in [0, 0.05) is 24.7 Å². The summed E-state index contributed by atoms with van der Waals surface area (Å²) in [6, 6.07) is 14.2. The van der Waals surface area contributed by atoms with Crippen LogP contribution >= 0.6 is 0 Å². The molecular formula is C25H29N3O5. The highest BCUT2D eigenvalue weighted by atomic mass is 16.5. The smallest absolute Gasteiger partial charge is 0.338 e. The van der Waals surface area contributed by atoms with Crippen molar-refractivity contribution >= 4 is 29.3 Å². The third-order valence-electron chi connectivity index (χ3n) is 5.95. The lowest BCUT2D eigenvalue weighted by Crippen LogP contribution is -2.51. The second-order valence-corrected chi connectivity index (χ2v) is 8.34. The first-order valence-corrected chi connectivity index (χ1v) is 11.4. The number of hydrogen-bond donors (Lipinski definition) is 1. The molecule has 0 radical (unpaired) electrons. The Morgan fingerprint density at radius 3 is 2.45 bits per heavy atom. The minimum atomic E-state index is -0.385. The van der Waals surface area contributed by atoms with Gasteiger partial charge in [-0.05, 0) is 63.1 Å². The standard InChI is InChI=1S/C25H29N3O5/c1-3-32-24(30)19-8-10-20(11-9-19)26-23(29)18-12-14-27(15-13-18)25(31)28-16-17(2)33-22-7-5-4-6-21(22)28/h4-11,17-18H,3,12-16H2,1-2H3,(H,26,29)/t17-/m0/s1. The van der Waals surface area contributed by atoms with Gasteiger partial charge in [-0.15, -0.1) is 0 Å². The van der Waals surface area contributed by atoms with Crippen molar-refractivity contribution < 1.29 is 23.9 Å². The van der Waals surface area contributed by atoms with Crippen LogP contribution in [0.5, 0.6) is 5.75 Å². The Morgan fingerprint density at radius 1 is 1.06 bits per heavy atom. The maximum atomic E-state index is 13.2. The van der Waals surface area contributed by atoms with Crippen LogP contribution in [0.3, 0.4) is 0 Å². The van der Waals surface area contributed by atoms with Gasteiger partial charge in [0.15, 0.2) is 0 Å². The van der Waals surface area contributed by atoms with Gasteiger partial charge in [0.05, 0.1) is 24.4 Å². The molecule has 8 nitrogen and oxygen atoms in total. The molecule has 1 N–H and O–H groups in total. The minimum Gasteiger partial charge on any atom is -0.487 e. The predicted molar refractivity (Wildman–Crippen MR) is 125 cm³/mol. The molecule has 2 aliphatic heterocycles. The average Bonchev–Trinajstić information content (AvgIpc) is 2.83. The van der Waals surface area contributed by atoms with Crippen molar-refractivity contribution in [1.82, 2.24) is 4.90 Å². The summed E-state index contributed by atoms with van der Waals surface area (Å²) < 4.78 is 10.8. The lowest BCUT2D eigenvalue weighted by Gasteiger charge is -2.39. The van der Waals surface area contributed by atoms with E-state index in [-0.39, 0.29) is 29.9 Å². The van der Waals surface area contributed by atoms with E-state index in [2.05, 4.69) is 5.32 Å². The van der Waals surface area contributed by atoms with Crippen LogP contribution in [0.15, 0.2) is 48.5 Å². The number of esters is 1. The number of nitrogens with one attached hydrogen (secondary N) is 1. The molecule has 0 aromatic heterocycles. The number of amides is 3. The number of fused-ring (bicyclic) bond motifs is 1. The SMILES string of the molecule is CCOC(=O)c1ccc(NC(=O)C2CCN(C(=O)N3C[C@H](C)Oc4ccccc43)CC2)cc1. The maximum absolute atomic E-state index is 13.2. The van der Waals surface area contributed by atoms with Crippen molar-refractivity contribution in [3.05, 3.63) is 54.1 Å². The topological polar surface area (TPSA) is 88.2 Å². The monoisotopic (exact) mass is 451 g/mol. The van der Waals surface area contributed by atoms with Crippen LogP contribution in [0.1, 0.15) is 37.0 Å². The van der Waals surface area contributed by atoms with E-state index in [1.54, 1.807) is 36.1 Å². The first-order chi connectivity index (χ1) is 16.0. The Bertz CT molecular complexity index is 1010. The van der Waals surface area contributed by atoms with E-state index < -0.39 is 0 Å². The number of hydrogen-bond acceptors (Lipinski definition) is 5. The summed E-state index contributed by atoms with van der Waals surface area (Å²) in [4.78, 5) is 41.3. The molecule has 4 rings (SSSR count). The van der Waals surface area contributed by atoms with Gasteiger partial charge in [0.25, 0.3) is 0 Å². The van der Waals surface area contributed by atoms with Crippen LogP contribution in [0.2, 0.25) is 0 Å². The molecule has 2 aromatic rings. The fourth-order valence-corrected chi connectivity index (χ4v) is 4.22. The quantitative estimate of drug-likeness (QED) is 0.712. The van der Waals surface area contributed by atoms with Crippen molar-refractivity contribution in [3.63, 3.8) is 0 Å². The fraction of sp³-hybridized carbons (Fsp3) is 0.400. The molecule has 1 atom stereocenters. The molecule has 2 aromatic carbocycles. The third kappa shape index (κ3) is 5.10. The number of benzene rings is 2. The number of rotatable bonds is 4. The number of likely N-dealkylation sites (tertiary alicyclic amines) is 1. The zero-order valence-corrected chi connectivity index (χ0v) is 19.0. The van der Waals surface area contributed by atoms with Crippen molar-refractivity contribution in [2.45, 2.75) is 32.8 Å². The summed E-state index contributed by atoms with van der Waals surface area (Å²) in [6.45, 7) is 5.56. The first kappa shape index (κ1) is 22.6. The molecule has 1 saturated heterocycles. The molecule has 0 saturated carbocycles. The highest BCUT2D eigenvalue weighted by molar-refractivity contribution is 5.96. The second kappa shape index (κ2) is 9.94. The first-order valence-electron chi connectivity index (χ1n) is 11.4. The van der Waals surface area contributed by atoms with E-state index in [0.29, 0.717) is 56.1 Å². The predicted octanol–water partition coefficient (Wildman–Crippen LogP) is 3.92. The Hall–Kier alpha value is -3.55. The number of anilines is 2. The Balaban J connectivity index is 1.32. The fourth-order valence-electron chi connectivity index (χ4n) is 4.22. The largest absolute Gasteiger partial charge is 0.487 e. The van der Waals surface area contributed by atoms with Crippen LogP contribution in [0, 0.1) is 5.92 Å². The number of para-hydroxylation sites is 2. The van der Waals surface area contributed by atoms with Crippen LogP contribution in [0.25, 0.3) is 0 Å². The summed E-state index contributed by atoms with van der Waals surface area (Å²) in [5, 5.41) is 2.91. The van der Waals surface area contributed by atoms with E-state index in [1.807, 2.05) is 36.1 Å². The van der Waals surface area contributed by atoms with Crippen LogP contribution in [0.4, 0.5) is 16.2 Å². The van der Waals surface area contributed by atoms with Crippen LogP contribution in [-0.4, -0.2) is 55.2 Å². The number of ether oxygens (including phenoxy) is 2. The highest BCUT2D eigenvalue weighted by Gasteiger charge is 2.33. The molecular weight excluding hydrogens is 422 g/mol. The molecule has 0 bridgehead atoms. The lowest BCUT2D eigenvalue weighted by atomic mass is 9.96. The van der Waals surface area contributed by atoms with Gasteiger partial charge >= 0.3 is 12.0 Å². The molecule has 33 heavy (non-hydrogen) atoms. The van der Waals surface area contributed by atoms with Crippen molar-refractivity contribution in [2.24, 2.45) is 5.92 Å². The van der Waals surface area contributed by atoms with E-state index in [9.17, 15) is 14.4 Å². The highest BCUT2D eigenvalue weighted by Crippen LogP contribution is 2.34. The molecule has 1 fully saturated rings. The van der Waals surface area contributed by atoms with Crippen molar-refractivity contribution in [1.29, 1.82) is 0 Å². The zero-order valence-electron chi connectivity index (χ0n) is 19.0.